The van der Waals surface area contributed by atoms with Gasteiger partial charge in [-0.2, -0.15) is 4.31 Å². The van der Waals surface area contributed by atoms with Crippen molar-refractivity contribution in [2.75, 3.05) is 6.61 Å². The van der Waals surface area contributed by atoms with E-state index in [0.29, 0.717) is 34.1 Å². The van der Waals surface area contributed by atoms with E-state index in [0.717, 1.165) is 0 Å². The molecule has 0 unspecified atom stereocenters. The molecule has 0 heterocycles. The molecule has 0 aliphatic heterocycles. The number of nitrogens with zero attached hydrogens (tertiary/aromatic N) is 1. The van der Waals surface area contributed by atoms with Crippen molar-refractivity contribution in [3.05, 3.63) is 94.5 Å². The highest BCUT2D eigenvalue weighted by Gasteiger charge is 2.26. The molecule has 0 aromatic heterocycles. The lowest BCUT2D eigenvalue weighted by molar-refractivity contribution is 0.1000. The molecule has 6 nitrogen and oxygen atoms in total. The number of primary amides is 1. The van der Waals surface area contributed by atoms with Gasteiger partial charge in [-0.3, -0.25) is 4.79 Å². The van der Waals surface area contributed by atoms with E-state index in [1.165, 1.54) is 16.4 Å². The number of amides is 1. The average molecular weight is 459 g/mol. The van der Waals surface area contributed by atoms with Crippen molar-refractivity contribution >= 4 is 27.5 Å². The summed E-state index contributed by atoms with van der Waals surface area (Å²) in [4.78, 5) is 11.5. The molecule has 1 amide bonds. The van der Waals surface area contributed by atoms with Crippen LogP contribution in [-0.4, -0.2) is 25.2 Å². The lowest BCUT2D eigenvalue weighted by Crippen LogP contribution is -2.30. The van der Waals surface area contributed by atoms with Gasteiger partial charge in [0, 0.05) is 23.7 Å². The first-order valence-corrected chi connectivity index (χ1v) is 11.5. The Labute approximate surface area is 187 Å². The van der Waals surface area contributed by atoms with E-state index in [1.807, 2.05) is 13.0 Å². The van der Waals surface area contributed by atoms with E-state index >= 15 is 0 Å². The van der Waals surface area contributed by atoms with Gasteiger partial charge in [-0.25, -0.2) is 8.42 Å². The predicted octanol–water partition coefficient (Wildman–Crippen LogP) is 4.23. The zero-order valence-electron chi connectivity index (χ0n) is 17.0. The summed E-state index contributed by atoms with van der Waals surface area (Å²) >= 11 is 6.29. The summed E-state index contributed by atoms with van der Waals surface area (Å²) in [6.07, 6.45) is 0. The Morgan fingerprint density at radius 3 is 2.19 bits per heavy atom. The maximum Gasteiger partial charge on any atom is 0.248 e. The largest absolute Gasteiger partial charge is 0.494 e. The van der Waals surface area contributed by atoms with Crippen LogP contribution in [0.1, 0.15) is 28.4 Å². The average Bonchev–Trinajstić information content (AvgIpc) is 2.75. The zero-order valence-corrected chi connectivity index (χ0v) is 18.6. The first kappa shape index (κ1) is 22.8. The number of carbonyl (C=O) groups is 1. The topological polar surface area (TPSA) is 89.7 Å². The molecule has 0 fully saturated rings. The molecule has 0 aliphatic carbocycles. The van der Waals surface area contributed by atoms with Crippen LogP contribution in [0.4, 0.5) is 0 Å². The Hall–Kier alpha value is -2.87. The number of rotatable bonds is 9. The maximum atomic E-state index is 13.5. The van der Waals surface area contributed by atoms with Crippen molar-refractivity contribution in [3.63, 3.8) is 0 Å². The first-order chi connectivity index (χ1) is 14.8. The summed E-state index contributed by atoms with van der Waals surface area (Å²) in [6.45, 7) is 2.54. The number of hydrogen-bond donors (Lipinski definition) is 1. The smallest absolute Gasteiger partial charge is 0.248 e. The summed E-state index contributed by atoms with van der Waals surface area (Å²) in [5.41, 5.74) is 7.05. The van der Waals surface area contributed by atoms with Crippen molar-refractivity contribution in [2.45, 2.75) is 24.9 Å². The minimum Gasteiger partial charge on any atom is -0.494 e. The monoisotopic (exact) mass is 458 g/mol. The minimum atomic E-state index is -3.84. The van der Waals surface area contributed by atoms with Crippen molar-refractivity contribution in [3.8, 4) is 5.75 Å². The molecule has 0 atom stereocenters. The van der Waals surface area contributed by atoms with Crippen LogP contribution in [-0.2, 0) is 23.1 Å². The Bertz CT molecular complexity index is 1150. The second-order valence-corrected chi connectivity index (χ2v) is 9.18. The van der Waals surface area contributed by atoms with Gasteiger partial charge in [0.15, 0.2) is 0 Å². The highest BCUT2D eigenvalue weighted by molar-refractivity contribution is 7.89. The van der Waals surface area contributed by atoms with E-state index in [4.69, 9.17) is 22.1 Å². The third-order valence-electron chi connectivity index (χ3n) is 4.67. The number of hydrogen-bond acceptors (Lipinski definition) is 4. The van der Waals surface area contributed by atoms with Gasteiger partial charge < -0.3 is 10.5 Å². The Morgan fingerprint density at radius 1 is 0.968 bits per heavy atom. The third-order valence-corrected chi connectivity index (χ3v) is 6.85. The van der Waals surface area contributed by atoms with Crippen molar-refractivity contribution in [1.29, 1.82) is 0 Å². The molecule has 8 heteroatoms. The molecular formula is C23H23ClN2O4S. The lowest BCUT2D eigenvalue weighted by atomic mass is 10.1. The van der Waals surface area contributed by atoms with E-state index in [2.05, 4.69) is 0 Å². The highest BCUT2D eigenvalue weighted by atomic mass is 35.5. The SMILES string of the molecule is CCOc1ccc(S(=O)(=O)N(Cc2ccc(C(N)=O)cc2)Cc2ccccc2Cl)cc1. The van der Waals surface area contributed by atoms with E-state index in [1.54, 1.807) is 54.6 Å². The van der Waals surface area contributed by atoms with Gasteiger partial charge in [0.25, 0.3) is 0 Å². The molecule has 0 radical (unpaired) electrons. The molecule has 3 rings (SSSR count). The van der Waals surface area contributed by atoms with Crippen LogP contribution in [0.15, 0.2) is 77.7 Å². The van der Waals surface area contributed by atoms with Crippen LogP contribution >= 0.6 is 11.6 Å². The summed E-state index contributed by atoms with van der Waals surface area (Å²) in [6, 6.07) is 20.0. The molecular weight excluding hydrogens is 436 g/mol. The third kappa shape index (κ3) is 5.64. The molecule has 0 bridgehead atoms. The van der Waals surface area contributed by atoms with Gasteiger partial charge in [0.1, 0.15) is 5.75 Å². The first-order valence-electron chi connectivity index (χ1n) is 9.66. The van der Waals surface area contributed by atoms with Gasteiger partial charge in [-0.15, -0.1) is 0 Å². The Kier molecular flexibility index (Phi) is 7.33. The quantitative estimate of drug-likeness (QED) is 0.519. The van der Waals surface area contributed by atoms with Crippen LogP contribution in [0.5, 0.6) is 5.75 Å². The molecule has 0 aliphatic rings. The summed E-state index contributed by atoms with van der Waals surface area (Å²) in [5.74, 6) is 0.0580. The van der Waals surface area contributed by atoms with Gasteiger partial charge in [0.2, 0.25) is 15.9 Å². The summed E-state index contributed by atoms with van der Waals surface area (Å²) in [7, 11) is -3.84. The minimum absolute atomic E-state index is 0.0901. The van der Waals surface area contributed by atoms with Crippen LogP contribution in [0.3, 0.4) is 0 Å². The van der Waals surface area contributed by atoms with Gasteiger partial charge >= 0.3 is 0 Å². The van der Waals surface area contributed by atoms with Crippen molar-refractivity contribution in [2.24, 2.45) is 5.73 Å². The number of ether oxygens (including phenoxy) is 1. The lowest BCUT2D eigenvalue weighted by Gasteiger charge is -2.23. The molecule has 2 N–H and O–H groups in total. The van der Waals surface area contributed by atoms with Crippen LogP contribution < -0.4 is 10.5 Å². The van der Waals surface area contributed by atoms with Crippen LogP contribution in [0, 0.1) is 0 Å². The Morgan fingerprint density at radius 2 is 1.61 bits per heavy atom. The standard InChI is InChI=1S/C23H23ClN2O4S/c1-2-30-20-11-13-21(14-12-20)31(28,29)26(16-19-5-3-4-6-22(19)24)15-17-7-9-18(10-8-17)23(25)27/h3-14H,2,15-16H2,1H3,(H2,25,27). The van der Waals surface area contributed by atoms with Crippen LogP contribution in [0.2, 0.25) is 5.02 Å². The van der Waals surface area contributed by atoms with Gasteiger partial charge in [0.05, 0.1) is 11.5 Å². The second kappa shape index (κ2) is 9.96. The number of carbonyl (C=O) groups excluding carboxylic acids is 1. The van der Waals surface area contributed by atoms with E-state index < -0.39 is 15.9 Å². The molecule has 3 aromatic carbocycles. The normalized spacial score (nSPS) is 11.5. The molecule has 0 saturated heterocycles. The number of nitrogens with two attached hydrogens (primary N) is 1. The van der Waals surface area contributed by atoms with Gasteiger partial charge in [-0.1, -0.05) is 41.9 Å². The fourth-order valence-corrected chi connectivity index (χ4v) is 4.65. The van der Waals surface area contributed by atoms with Crippen molar-refractivity contribution in [1.82, 2.24) is 4.31 Å². The second-order valence-electron chi connectivity index (χ2n) is 6.83. The number of halogens is 1. The maximum absolute atomic E-state index is 13.5. The van der Waals surface area contributed by atoms with E-state index in [9.17, 15) is 13.2 Å². The number of sulfonamides is 1. The summed E-state index contributed by atoms with van der Waals surface area (Å²) < 4.78 is 33.7. The zero-order chi connectivity index (χ0) is 22.4. The van der Waals surface area contributed by atoms with Crippen molar-refractivity contribution < 1.29 is 17.9 Å². The fourth-order valence-electron chi connectivity index (χ4n) is 3.04. The predicted molar refractivity (Wildman–Crippen MR) is 120 cm³/mol. The molecule has 31 heavy (non-hydrogen) atoms. The molecule has 0 saturated carbocycles. The summed E-state index contributed by atoms with van der Waals surface area (Å²) in [5, 5.41) is 0.485. The van der Waals surface area contributed by atoms with Crippen LogP contribution in [0.25, 0.3) is 0 Å². The Balaban J connectivity index is 1.95. The highest BCUT2D eigenvalue weighted by Crippen LogP contribution is 2.26. The van der Waals surface area contributed by atoms with Gasteiger partial charge in [-0.05, 0) is 60.5 Å². The number of benzene rings is 3. The molecule has 162 valence electrons. The molecule has 0 spiro atoms. The molecule has 3 aromatic rings. The van der Waals surface area contributed by atoms with E-state index in [-0.39, 0.29) is 18.0 Å². The fraction of sp³-hybridized carbons (Fsp3) is 0.174.